The molecule has 1 amide bonds. The van der Waals surface area contributed by atoms with Gasteiger partial charge in [-0.2, -0.15) is 22.7 Å². The van der Waals surface area contributed by atoms with Gasteiger partial charge in [0.1, 0.15) is 23.6 Å². The number of aromatic nitrogens is 2. The van der Waals surface area contributed by atoms with E-state index in [0.717, 1.165) is 47.3 Å². The van der Waals surface area contributed by atoms with E-state index in [1.807, 2.05) is 13.0 Å². The van der Waals surface area contributed by atoms with Crippen LogP contribution in [0, 0.1) is 23.1 Å². The standard InChI is InChI=1S/C27H25F4N5O3S/c1-2-3-17-10-24(36(16-17)40(38,39)22-7-5-21(28)6-8-22)26(37)35-14-19-11-23(33-15-20(19)12-32)18-4-9-25(34-13-18)27(29,30)31/h4-9,11,13,15,17,24H,2-3,10,14,16H2,1H3,(H,35,37). The average Bonchev–Trinajstić information content (AvgIpc) is 3.36. The Bertz CT molecular complexity index is 1520. The number of nitriles is 1. The van der Waals surface area contributed by atoms with Gasteiger partial charge in [-0.15, -0.1) is 0 Å². The van der Waals surface area contributed by atoms with Gasteiger partial charge in [-0.25, -0.2) is 12.8 Å². The minimum atomic E-state index is -4.60. The molecule has 1 N–H and O–H groups in total. The molecule has 2 atom stereocenters. The highest BCUT2D eigenvalue weighted by Crippen LogP contribution is 2.33. The molecule has 1 fully saturated rings. The number of alkyl halides is 3. The number of hydrogen-bond donors (Lipinski definition) is 1. The van der Waals surface area contributed by atoms with Crippen LogP contribution in [0.4, 0.5) is 17.6 Å². The molecule has 0 bridgehead atoms. The van der Waals surface area contributed by atoms with Crippen molar-refractivity contribution in [1.29, 1.82) is 5.26 Å². The lowest BCUT2D eigenvalue weighted by Crippen LogP contribution is -2.45. The minimum absolute atomic E-state index is 0.0506. The fourth-order valence-corrected chi connectivity index (χ4v) is 6.34. The van der Waals surface area contributed by atoms with Gasteiger partial charge in [0.15, 0.2) is 0 Å². The van der Waals surface area contributed by atoms with Crippen LogP contribution in [0.25, 0.3) is 11.3 Å². The lowest BCUT2D eigenvalue weighted by Gasteiger charge is -2.23. The molecule has 2 aromatic heterocycles. The van der Waals surface area contributed by atoms with Gasteiger partial charge in [0.05, 0.1) is 16.2 Å². The Morgan fingerprint density at radius 1 is 1.15 bits per heavy atom. The molecule has 1 aliphatic heterocycles. The first-order valence-corrected chi connectivity index (χ1v) is 13.9. The van der Waals surface area contributed by atoms with E-state index in [0.29, 0.717) is 18.4 Å². The number of pyridine rings is 2. The van der Waals surface area contributed by atoms with Gasteiger partial charge in [-0.3, -0.25) is 14.8 Å². The summed E-state index contributed by atoms with van der Waals surface area (Å²) in [5.74, 6) is -1.20. The SMILES string of the molecule is CCCC1CC(C(=O)NCc2cc(-c3ccc(C(F)(F)F)nc3)ncc2C#N)N(S(=O)(=O)c2ccc(F)cc2)C1. The van der Waals surface area contributed by atoms with Gasteiger partial charge in [-0.1, -0.05) is 13.3 Å². The lowest BCUT2D eigenvalue weighted by atomic mass is 10.00. The van der Waals surface area contributed by atoms with E-state index in [1.54, 1.807) is 0 Å². The van der Waals surface area contributed by atoms with Crippen molar-refractivity contribution in [3.8, 4) is 17.3 Å². The van der Waals surface area contributed by atoms with Crippen molar-refractivity contribution in [1.82, 2.24) is 19.6 Å². The van der Waals surface area contributed by atoms with Crippen molar-refractivity contribution < 1.29 is 30.8 Å². The lowest BCUT2D eigenvalue weighted by molar-refractivity contribution is -0.141. The quantitative estimate of drug-likeness (QED) is 0.391. The van der Waals surface area contributed by atoms with Crippen LogP contribution in [0.1, 0.15) is 43.0 Å². The minimum Gasteiger partial charge on any atom is -0.351 e. The molecule has 1 aromatic carbocycles. The number of nitrogens with one attached hydrogen (secondary N) is 1. The maximum Gasteiger partial charge on any atom is 0.433 e. The molecule has 4 rings (SSSR count). The molecular weight excluding hydrogens is 550 g/mol. The molecule has 13 heteroatoms. The maximum atomic E-state index is 13.4. The Kier molecular flexibility index (Phi) is 8.51. The van der Waals surface area contributed by atoms with E-state index in [4.69, 9.17) is 0 Å². The van der Waals surface area contributed by atoms with Gasteiger partial charge in [-0.05, 0) is 66.8 Å². The van der Waals surface area contributed by atoms with E-state index in [2.05, 4.69) is 15.3 Å². The molecule has 0 saturated carbocycles. The molecule has 1 saturated heterocycles. The monoisotopic (exact) mass is 575 g/mol. The van der Waals surface area contributed by atoms with Crippen molar-refractivity contribution in [2.24, 2.45) is 5.92 Å². The highest BCUT2D eigenvalue weighted by Gasteiger charge is 2.43. The van der Waals surface area contributed by atoms with Gasteiger partial charge in [0.25, 0.3) is 0 Å². The van der Waals surface area contributed by atoms with Crippen LogP contribution in [-0.2, 0) is 27.5 Å². The zero-order valence-electron chi connectivity index (χ0n) is 21.3. The Labute approximate surface area is 228 Å². The maximum absolute atomic E-state index is 13.4. The summed E-state index contributed by atoms with van der Waals surface area (Å²) in [6.45, 7) is 1.95. The van der Waals surface area contributed by atoms with Crippen LogP contribution in [0.2, 0.25) is 0 Å². The fraction of sp³-hybridized carbons (Fsp3) is 0.333. The molecule has 1 aliphatic rings. The second-order valence-corrected chi connectivity index (χ2v) is 11.3. The zero-order chi connectivity index (χ0) is 29.1. The van der Waals surface area contributed by atoms with Crippen molar-refractivity contribution in [2.75, 3.05) is 6.54 Å². The Balaban J connectivity index is 1.55. The molecular formula is C27H25F4N5O3S. The van der Waals surface area contributed by atoms with Crippen LogP contribution in [0.5, 0.6) is 0 Å². The topological polar surface area (TPSA) is 116 Å². The van der Waals surface area contributed by atoms with E-state index in [-0.39, 0.29) is 40.7 Å². The highest BCUT2D eigenvalue weighted by molar-refractivity contribution is 7.89. The molecule has 2 unspecified atom stereocenters. The predicted octanol–water partition coefficient (Wildman–Crippen LogP) is 4.67. The summed E-state index contributed by atoms with van der Waals surface area (Å²) in [4.78, 5) is 20.7. The Hall–Kier alpha value is -3.89. The third-order valence-electron chi connectivity index (χ3n) is 6.68. The summed E-state index contributed by atoms with van der Waals surface area (Å²) in [7, 11) is -4.10. The summed E-state index contributed by atoms with van der Waals surface area (Å²) in [6, 6.07) is 8.82. The normalized spacial score (nSPS) is 17.9. The second-order valence-electron chi connectivity index (χ2n) is 9.42. The van der Waals surface area contributed by atoms with Gasteiger partial charge in [0.2, 0.25) is 15.9 Å². The number of nitrogens with zero attached hydrogens (tertiary/aromatic N) is 4. The van der Waals surface area contributed by atoms with Crippen LogP contribution < -0.4 is 5.32 Å². The van der Waals surface area contributed by atoms with Crippen molar-refractivity contribution in [3.63, 3.8) is 0 Å². The van der Waals surface area contributed by atoms with Crippen LogP contribution >= 0.6 is 0 Å². The van der Waals surface area contributed by atoms with E-state index < -0.39 is 39.7 Å². The van der Waals surface area contributed by atoms with Crippen molar-refractivity contribution in [2.45, 2.75) is 49.8 Å². The second kappa shape index (κ2) is 11.7. The number of hydrogen-bond acceptors (Lipinski definition) is 6. The molecule has 40 heavy (non-hydrogen) atoms. The number of benzene rings is 1. The molecule has 210 valence electrons. The number of rotatable bonds is 8. The third-order valence-corrected chi connectivity index (χ3v) is 8.56. The smallest absolute Gasteiger partial charge is 0.351 e. The van der Waals surface area contributed by atoms with E-state index >= 15 is 0 Å². The fourth-order valence-electron chi connectivity index (χ4n) is 4.67. The largest absolute Gasteiger partial charge is 0.433 e. The van der Waals surface area contributed by atoms with E-state index in [1.165, 1.54) is 18.3 Å². The van der Waals surface area contributed by atoms with Gasteiger partial charge >= 0.3 is 6.18 Å². The molecule has 0 spiro atoms. The Morgan fingerprint density at radius 3 is 2.48 bits per heavy atom. The predicted molar refractivity (Wildman–Crippen MR) is 136 cm³/mol. The first kappa shape index (κ1) is 29.1. The third kappa shape index (κ3) is 6.29. The number of carbonyl (C=O) groups is 1. The number of sulfonamides is 1. The Morgan fingerprint density at radius 2 is 1.88 bits per heavy atom. The van der Waals surface area contributed by atoms with Crippen LogP contribution in [0.3, 0.4) is 0 Å². The molecule has 0 aliphatic carbocycles. The first-order chi connectivity index (χ1) is 18.9. The van der Waals surface area contributed by atoms with Gasteiger partial charge in [0, 0.05) is 31.0 Å². The summed E-state index contributed by atoms with van der Waals surface area (Å²) in [5, 5.41) is 12.2. The summed E-state index contributed by atoms with van der Waals surface area (Å²) in [5.41, 5.74) is -0.0593. The van der Waals surface area contributed by atoms with Crippen molar-refractivity contribution in [3.05, 3.63) is 77.5 Å². The highest BCUT2D eigenvalue weighted by atomic mass is 32.2. The number of carbonyl (C=O) groups excluding carboxylic acids is 1. The van der Waals surface area contributed by atoms with E-state index in [9.17, 15) is 36.0 Å². The summed E-state index contributed by atoms with van der Waals surface area (Å²) >= 11 is 0. The van der Waals surface area contributed by atoms with Crippen LogP contribution in [0.15, 0.2) is 59.8 Å². The first-order valence-electron chi connectivity index (χ1n) is 12.4. The number of halogens is 4. The molecule has 3 aromatic rings. The van der Waals surface area contributed by atoms with Crippen molar-refractivity contribution >= 4 is 15.9 Å². The summed E-state index contributed by atoms with van der Waals surface area (Å²) < 4.78 is 79.8. The summed E-state index contributed by atoms with van der Waals surface area (Å²) in [6.07, 6.45) is -0.526. The van der Waals surface area contributed by atoms with Gasteiger partial charge < -0.3 is 5.32 Å². The average molecular weight is 576 g/mol. The van der Waals surface area contributed by atoms with Crippen LogP contribution in [-0.4, -0.2) is 41.2 Å². The molecule has 3 heterocycles. The number of amides is 1. The zero-order valence-corrected chi connectivity index (χ0v) is 22.1. The molecule has 0 radical (unpaired) electrons. The molecule has 8 nitrogen and oxygen atoms in total.